The molecule has 0 spiro atoms. The number of nitrogens with zero attached hydrogens (tertiary/aromatic N) is 3. The minimum absolute atomic E-state index is 0.961. The molecule has 10 rings (SSSR count). The molecule has 0 saturated carbocycles. The van der Waals surface area contributed by atoms with Gasteiger partial charge < -0.3 is 0 Å². The molecule has 43 heavy (non-hydrogen) atoms. The number of imidazole rings is 2. The predicted octanol–water partition coefficient (Wildman–Crippen LogP) is 10.6. The van der Waals surface area contributed by atoms with Gasteiger partial charge in [-0.3, -0.25) is 8.80 Å². The van der Waals surface area contributed by atoms with Gasteiger partial charge in [-0.25, -0.2) is 4.98 Å². The molecular weight excluding hydrogens is 543 g/mol. The lowest BCUT2D eigenvalue weighted by Crippen LogP contribution is -1.85. The van der Waals surface area contributed by atoms with Crippen molar-refractivity contribution >= 4 is 77.4 Å². The third-order valence-electron chi connectivity index (χ3n) is 8.82. The summed E-state index contributed by atoms with van der Waals surface area (Å²) in [6.07, 6.45) is 0. The number of fused-ring (bicyclic) bond motifs is 10. The molecule has 7 aromatic carbocycles. The summed E-state index contributed by atoms with van der Waals surface area (Å²) in [6.45, 7) is 0. The predicted molar refractivity (Wildman–Crippen MR) is 181 cm³/mol. The Kier molecular flexibility index (Phi) is 4.65. The SMILES string of the molecule is c1ccc(Sc2ccc(-c3cc4c5cc6ccccc6cc5n5c4c(c3)n3c4cc6ccccc6cc4nc35)cc2)cc1. The highest BCUT2D eigenvalue weighted by Gasteiger charge is 2.22. The third kappa shape index (κ3) is 3.35. The van der Waals surface area contributed by atoms with Gasteiger partial charge in [0.15, 0.2) is 0 Å². The van der Waals surface area contributed by atoms with Gasteiger partial charge in [-0.1, -0.05) is 90.6 Å². The second kappa shape index (κ2) is 8.60. The molecule has 0 radical (unpaired) electrons. The van der Waals surface area contributed by atoms with E-state index in [1.165, 1.54) is 69.8 Å². The maximum Gasteiger partial charge on any atom is 0.220 e. The lowest BCUT2D eigenvalue weighted by molar-refractivity contribution is 1.22. The molecule has 200 valence electrons. The Morgan fingerprint density at radius 2 is 1.07 bits per heavy atom. The first-order valence-electron chi connectivity index (χ1n) is 14.5. The minimum atomic E-state index is 0.961. The van der Waals surface area contributed by atoms with Crippen LogP contribution in [0.15, 0.2) is 149 Å². The van der Waals surface area contributed by atoms with Gasteiger partial charge in [-0.2, -0.15) is 0 Å². The summed E-state index contributed by atoms with van der Waals surface area (Å²) in [6, 6.07) is 50.6. The van der Waals surface area contributed by atoms with E-state index < -0.39 is 0 Å². The molecule has 0 aliphatic rings. The van der Waals surface area contributed by atoms with E-state index >= 15 is 0 Å². The molecule has 0 bridgehead atoms. The largest absolute Gasteiger partial charge is 0.277 e. The van der Waals surface area contributed by atoms with E-state index in [0.717, 1.165) is 16.8 Å². The van der Waals surface area contributed by atoms with Crippen LogP contribution in [-0.2, 0) is 0 Å². The fraction of sp³-hybridized carbons (Fsp3) is 0. The van der Waals surface area contributed by atoms with E-state index in [1.54, 1.807) is 11.8 Å². The molecule has 0 aliphatic heterocycles. The van der Waals surface area contributed by atoms with Crippen molar-refractivity contribution < 1.29 is 0 Å². The van der Waals surface area contributed by atoms with Gasteiger partial charge in [0.05, 0.1) is 27.6 Å². The van der Waals surface area contributed by atoms with E-state index in [-0.39, 0.29) is 0 Å². The van der Waals surface area contributed by atoms with Crippen LogP contribution in [0.1, 0.15) is 0 Å². The number of benzene rings is 7. The Morgan fingerprint density at radius 1 is 0.442 bits per heavy atom. The smallest absolute Gasteiger partial charge is 0.220 e. The second-order valence-corrected chi connectivity index (χ2v) is 12.5. The van der Waals surface area contributed by atoms with Gasteiger partial charge >= 0.3 is 0 Å². The van der Waals surface area contributed by atoms with E-state index in [1.807, 2.05) is 0 Å². The summed E-state index contributed by atoms with van der Waals surface area (Å²) in [4.78, 5) is 7.74. The van der Waals surface area contributed by atoms with Crippen molar-refractivity contribution in [1.29, 1.82) is 0 Å². The third-order valence-corrected chi connectivity index (χ3v) is 9.84. The van der Waals surface area contributed by atoms with Gasteiger partial charge in [-0.05, 0) is 93.3 Å². The topological polar surface area (TPSA) is 21.7 Å². The average Bonchev–Trinajstić information content (AvgIpc) is 3.68. The highest BCUT2D eigenvalue weighted by molar-refractivity contribution is 7.99. The highest BCUT2D eigenvalue weighted by atomic mass is 32.2. The number of rotatable bonds is 3. The van der Waals surface area contributed by atoms with Crippen LogP contribution in [0.4, 0.5) is 0 Å². The van der Waals surface area contributed by atoms with Crippen LogP contribution >= 0.6 is 11.8 Å². The van der Waals surface area contributed by atoms with Crippen LogP contribution < -0.4 is 0 Å². The van der Waals surface area contributed by atoms with Crippen molar-refractivity contribution in [2.24, 2.45) is 0 Å². The van der Waals surface area contributed by atoms with Gasteiger partial charge in [0.2, 0.25) is 5.78 Å². The fourth-order valence-corrected chi connectivity index (χ4v) is 7.67. The number of aromatic nitrogens is 3. The quantitative estimate of drug-likeness (QED) is 0.213. The molecule has 10 aromatic rings. The van der Waals surface area contributed by atoms with Crippen molar-refractivity contribution in [3.63, 3.8) is 0 Å². The first-order chi connectivity index (χ1) is 21.3. The zero-order valence-electron chi connectivity index (χ0n) is 23.0. The molecule has 3 aromatic heterocycles. The molecule has 0 N–H and O–H groups in total. The molecule has 3 heterocycles. The van der Waals surface area contributed by atoms with Crippen molar-refractivity contribution in [1.82, 2.24) is 13.8 Å². The normalized spacial score (nSPS) is 12.3. The van der Waals surface area contributed by atoms with Crippen molar-refractivity contribution in [2.75, 3.05) is 0 Å². The van der Waals surface area contributed by atoms with E-state index in [9.17, 15) is 0 Å². The molecule has 0 unspecified atom stereocenters. The molecule has 0 amide bonds. The highest BCUT2D eigenvalue weighted by Crippen LogP contribution is 2.41. The summed E-state index contributed by atoms with van der Waals surface area (Å²) in [5.74, 6) is 0.961. The van der Waals surface area contributed by atoms with E-state index in [0.29, 0.717) is 0 Å². The Balaban J connectivity index is 1.28. The van der Waals surface area contributed by atoms with Crippen LogP contribution in [0.25, 0.3) is 76.8 Å². The summed E-state index contributed by atoms with van der Waals surface area (Å²) < 4.78 is 4.74. The van der Waals surface area contributed by atoms with Crippen LogP contribution in [0.3, 0.4) is 0 Å². The number of hydrogen-bond donors (Lipinski definition) is 0. The maximum atomic E-state index is 5.26. The maximum absolute atomic E-state index is 5.26. The molecule has 0 saturated heterocycles. The second-order valence-electron chi connectivity index (χ2n) is 11.3. The van der Waals surface area contributed by atoms with E-state index in [4.69, 9.17) is 4.98 Å². The van der Waals surface area contributed by atoms with Crippen LogP contribution in [0.2, 0.25) is 0 Å². The lowest BCUT2D eigenvalue weighted by atomic mass is 10.0. The van der Waals surface area contributed by atoms with Gasteiger partial charge in [0.1, 0.15) is 0 Å². The summed E-state index contributed by atoms with van der Waals surface area (Å²) >= 11 is 1.79. The van der Waals surface area contributed by atoms with Crippen LogP contribution in [0.5, 0.6) is 0 Å². The molecule has 0 fully saturated rings. The summed E-state index contributed by atoms with van der Waals surface area (Å²) in [7, 11) is 0. The van der Waals surface area contributed by atoms with Gasteiger partial charge in [0.25, 0.3) is 0 Å². The molecule has 3 nitrogen and oxygen atoms in total. The van der Waals surface area contributed by atoms with Crippen molar-refractivity contribution in [2.45, 2.75) is 9.79 Å². The zero-order chi connectivity index (χ0) is 28.1. The van der Waals surface area contributed by atoms with Crippen molar-refractivity contribution in [3.8, 4) is 11.1 Å². The van der Waals surface area contributed by atoms with Crippen molar-refractivity contribution in [3.05, 3.63) is 140 Å². The Hall–Kier alpha value is -5.32. The Morgan fingerprint density at radius 3 is 1.81 bits per heavy atom. The average molecular weight is 566 g/mol. The summed E-state index contributed by atoms with van der Waals surface area (Å²) in [5, 5.41) is 7.45. The standard InChI is InChI=1S/C39H23N3S/c1-2-12-30(13-3-1)43-31-16-14-24(15-17-31)29-19-33-32-18-25-8-4-6-10-27(25)21-35(32)42-38(33)37(23-29)41-36-22-28-11-7-5-9-26(28)20-34(36)40-39(41)42/h1-23H. The van der Waals surface area contributed by atoms with Crippen LogP contribution in [-0.4, -0.2) is 13.8 Å². The summed E-state index contributed by atoms with van der Waals surface area (Å²) in [5.41, 5.74) is 8.18. The molecular formula is C39H23N3S. The number of hydrogen-bond acceptors (Lipinski definition) is 2. The lowest BCUT2D eigenvalue weighted by Gasteiger charge is -2.07. The Labute approximate surface area is 251 Å². The molecule has 0 atom stereocenters. The first kappa shape index (κ1) is 23.3. The molecule has 4 heteroatoms. The zero-order valence-corrected chi connectivity index (χ0v) is 23.8. The fourth-order valence-electron chi connectivity index (χ4n) is 6.83. The van der Waals surface area contributed by atoms with Gasteiger partial charge in [0, 0.05) is 20.6 Å². The monoisotopic (exact) mass is 565 g/mol. The van der Waals surface area contributed by atoms with Crippen LogP contribution in [0, 0.1) is 0 Å². The Bertz CT molecular complexity index is 2680. The minimum Gasteiger partial charge on any atom is -0.277 e. The van der Waals surface area contributed by atoms with Gasteiger partial charge in [-0.15, -0.1) is 0 Å². The first-order valence-corrected chi connectivity index (χ1v) is 15.4. The van der Waals surface area contributed by atoms with E-state index in [2.05, 4.69) is 148 Å². The molecule has 0 aliphatic carbocycles.